The van der Waals surface area contributed by atoms with E-state index in [0.717, 1.165) is 6.42 Å². The molecule has 2 aliphatic rings. The van der Waals surface area contributed by atoms with Gasteiger partial charge in [-0.1, -0.05) is 6.08 Å². The van der Waals surface area contributed by atoms with E-state index in [-0.39, 0.29) is 6.09 Å². The second-order valence-corrected chi connectivity index (χ2v) is 7.73. The van der Waals surface area contributed by atoms with Crippen molar-refractivity contribution in [3.05, 3.63) is 12.7 Å². The van der Waals surface area contributed by atoms with Gasteiger partial charge in [-0.2, -0.15) is 0 Å². The van der Waals surface area contributed by atoms with Crippen molar-refractivity contribution in [3.8, 4) is 0 Å². The fourth-order valence-corrected chi connectivity index (χ4v) is 3.35. The summed E-state index contributed by atoms with van der Waals surface area (Å²) < 4.78 is 5.34. The van der Waals surface area contributed by atoms with Crippen molar-refractivity contribution in [2.24, 2.45) is 5.41 Å². The second-order valence-electron chi connectivity index (χ2n) is 7.73. The minimum Gasteiger partial charge on any atom is -0.444 e. The summed E-state index contributed by atoms with van der Waals surface area (Å²) in [6, 6.07) is 1.27. The van der Waals surface area contributed by atoms with Gasteiger partial charge in [0.05, 0.1) is 0 Å². The number of hydrogen-bond donors (Lipinski definition) is 2. The first-order valence-corrected chi connectivity index (χ1v) is 8.12. The van der Waals surface area contributed by atoms with Gasteiger partial charge >= 0.3 is 6.09 Å². The summed E-state index contributed by atoms with van der Waals surface area (Å²) in [6.07, 6.45) is 7.54. The van der Waals surface area contributed by atoms with Crippen LogP contribution in [0.2, 0.25) is 0 Å². The van der Waals surface area contributed by atoms with Gasteiger partial charge in [-0.3, -0.25) is 0 Å². The van der Waals surface area contributed by atoms with E-state index in [0.29, 0.717) is 23.5 Å². The monoisotopic (exact) mass is 294 g/mol. The summed E-state index contributed by atoms with van der Waals surface area (Å²) in [6.45, 7) is 11.6. The van der Waals surface area contributed by atoms with Crippen molar-refractivity contribution in [1.29, 1.82) is 0 Å². The molecule has 21 heavy (non-hydrogen) atoms. The molecular weight excluding hydrogens is 264 g/mol. The third kappa shape index (κ3) is 4.47. The number of carbonyl (C=O) groups excluding carboxylic acids is 1. The molecular formula is C17H30N2O2. The van der Waals surface area contributed by atoms with Crippen LogP contribution in [0.3, 0.4) is 0 Å². The minimum atomic E-state index is -0.422. The Morgan fingerprint density at radius 2 is 2.00 bits per heavy atom. The molecule has 4 heteroatoms. The van der Waals surface area contributed by atoms with Crippen LogP contribution in [0.5, 0.6) is 0 Å². The van der Waals surface area contributed by atoms with E-state index in [1.807, 2.05) is 26.8 Å². The molecule has 2 unspecified atom stereocenters. The normalized spacial score (nSPS) is 33.3. The van der Waals surface area contributed by atoms with Crippen molar-refractivity contribution in [1.82, 2.24) is 10.6 Å². The summed E-state index contributed by atoms with van der Waals surface area (Å²) in [4.78, 5) is 11.8. The smallest absolute Gasteiger partial charge is 0.407 e. The van der Waals surface area contributed by atoms with Gasteiger partial charge in [0.2, 0.25) is 0 Å². The molecule has 2 N–H and O–H groups in total. The Kier molecular flexibility index (Phi) is 4.66. The predicted molar refractivity (Wildman–Crippen MR) is 85.3 cm³/mol. The maximum Gasteiger partial charge on any atom is 0.407 e. The lowest BCUT2D eigenvalue weighted by molar-refractivity contribution is 0.0512. The predicted octanol–water partition coefficient (Wildman–Crippen LogP) is 3.38. The molecule has 1 amide bonds. The molecule has 2 fully saturated rings. The Balaban J connectivity index is 1.74. The van der Waals surface area contributed by atoms with Gasteiger partial charge in [0.1, 0.15) is 5.60 Å². The molecule has 0 bridgehead atoms. The Hall–Kier alpha value is -1.03. The molecule has 0 aromatic heterocycles. The molecule has 0 heterocycles. The zero-order valence-electron chi connectivity index (χ0n) is 13.9. The standard InChI is InChI=1S/C17H30N2O2/c1-6-12(2)18-13-7-9-17(10-8-13)11-14(17)19-15(20)21-16(3,4)5/h6,12-14,18H,1,7-11H2,2-5H3,(H,19,20). The average Bonchev–Trinajstić information content (AvgIpc) is 3.02. The fraction of sp³-hybridized carbons (Fsp3) is 0.824. The molecule has 2 aliphatic carbocycles. The van der Waals surface area contributed by atoms with Crippen molar-refractivity contribution in [3.63, 3.8) is 0 Å². The van der Waals surface area contributed by atoms with E-state index in [4.69, 9.17) is 4.74 Å². The van der Waals surface area contributed by atoms with Gasteiger partial charge in [0, 0.05) is 18.1 Å². The molecule has 4 nitrogen and oxygen atoms in total. The minimum absolute atomic E-state index is 0.273. The average molecular weight is 294 g/mol. The van der Waals surface area contributed by atoms with Crippen molar-refractivity contribution >= 4 is 6.09 Å². The lowest BCUT2D eigenvalue weighted by Crippen LogP contribution is -2.40. The topological polar surface area (TPSA) is 50.4 Å². The van der Waals surface area contributed by atoms with Crippen molar-refractivity contribution in [2.75, 3.05) is 0 Å². The maximum atomic E-state index is 11.8. The van der Waals surface area contributed by atoms with E-state index in [1.54, 1.807) is 0 Å². The van der Waals surface area contributed by atoms with Crippen molar-refractivity contribution in [2.45, 2.75) is 83.5 Å². The van der Waals surface area contributed by atoms with E-state index < -0.39 is 5.60 Å². The number of amides is 1. The highest BCUT2D eigenvalue weighted by Gasteiger charge is 2.55. The van der Waals surface area contributed by atoms with Gasteiger partial charge in [-0.25, -0.2) is 4.79 Å². The van der Waals surface area contributed by atoms with Crippen LogP contribution < -0.4 is 10.6 Å². The Bertz CT molecular complexity index is 392. The van der Waals surface area contributed by atoms with Crippen LogP contribution in [0.25, 0.3) is 0 Å². The van der Waals surface area contributed by atoms with E-state index in [9.17, 15) is 4.79 Å². The largest absolute Gasteiger partial charge is 0.444 e. The zero-order chi connectivity index (χ0) is 15.7. The van der Waals surface area contributed by atoms with Crippen LogP contribution in [-0.2, 0) is 4.74 Å². The summed E-state index contributed by atoms with van der Waals surface area (Å²) in [5, 5.41) is 6.63. The van der Waals surface area contributed by atoms with E-state index >= 15 is 0 Å². The van der Waals surface area contributed by atoms with Crippen LogP contribution in [0.4, 0.5) is 4.79 Å². The lowest BCUT2D eigenvalue weighted by Gasteiger charge is -2.31. The highest BCUT2D eigenvalue weighted by Crippen LogP contribution is 2.56. The first kappa shape index (κ1) is 16.3. The quantitative estimate of drug-likeness (QED) is 0.782. The number of nitrogens with one attached hydrogen (secondary N) is 2. The van der Waals surface area contributed by atoms with Gasteiger partial charge in [-0.05, 0) is 65.2 Å². The molecule has 0 saturated heterocycles. The molecule has 120 valence electrons. The van der Waals surface area contributed by atoms with Crippen LogP contribution in [0, 0.1) is 5.41 Å². The highest BCUT2D eigenvalue weighted by molar-refractivity contribution is 5.68. The van der Waals surface area contributed by atoms with Crippen molar-refractivity contribution < 1.29 is 9.53 Å². The summed E-state index contributed by atoms with van der Waals surface area (Å²) in [7, 11) is 0. The van der Waals surface area contributed by atoms with Crippen LogP contribution in [-0.4, -0.2) is 29.8 Å². The number of hydrogen-bond acceptors (Lipinski definition) is 3. The second kappa shape index (κ2) is 5.99. The molecule has 0 radical (unpaired) electrons. The van der Waals surface area contributed by atoms with E-state index in [2.05, 4.69) is 24.1 Å². The van der Waals surface area contributed by atoms with Crippen LogP contribution >= 0.6 is 0 Å². The molecule has 2 rings (SSSR count). The molecule has 0 aliphatic heterocycles. The molecule has 2 atom stereocenters. The maximum absolute atomic E-state index is 11.8. The van der Waals surface area contributed by atoms with Crippen LogP contribution in [0.15, 0.2) is 12.7 Å². The molecule has 2 saturated carbocycles. The number of ether oxygens (including phenoxy) is 1. The highest BCUT2D eigenvalue weighted by atomic mass is 16.6. The third-order valence-electron chi connectivity index (χ3n) is 4.71. The van der Waals surface area contributed by atoms with Gasteiger partial charge in [0.25, 0.3) is 0 Å². The molecule has 0 aromatic carbocycles. The number of carbonyl (C=O) groups is 1. The summed E-state index contributed by atoms with van der Waals surface area (Å²) in [5.41, 5.74) is -0.0823. The fourth-order valence-electron chi connectivity index (χ4n) is 3.35. The van der Waals surface area contributed by atoms with Gasteiger partial charge in [0.15, 0.2) is 0 Å². The molecule has 1 spiro atoms. The summed E-state index contributed by atoms with van der Waals surface area (Å²) in [5.74, 6) is 0. The number of alkyl carbamates (subject to hydrolysis) is 1. The SMILES string of the molecule is C=CC(C)NC1CCC2(CC1)CC2NC(=O)OC(C)(C)C. The molecule has 0 aromatic rings. The first-order valence-electron chi connectivity index (χ1n) is 8.12. The first-order chi connectivity index (χ1) is 9.74. The Labute approximate surface area is 128 Å². The van der Waals surface area contributed by atoms with Gasteiger partial charge < -0.3 is 15.4 Å². The third-order valence-corrected chi connectivity index (χ3v) is 4.71. The summed E-state index contributed by atoms with van der Waals surface area (Å²) >= 11 is 0. The Morgan fingerprint density at radius 3 is 2.52 bits per heavy atom. The zero-order valence-corrected chi connectivity index (χ0v) is 13.9. The van der Waals surface area contributed by atoms with Crippen LogP contribution in [0.1, 0.15) is 59.8 Å². The van der Waals surface area contributed by atoms with Gasteiger partial charge in [-0.15, -0.1) is 6.58 Å². The Morgan fingerprint density at radius 1 is 1.38 bits per heavy atom. The lowest BCUT2D eigenvalue weighted by atomic mass is 9.82. The van der Waals surface area contributed by atoms with E-state index in [1.165, 1.54) is 25.7 Å². The number of rotatable bonds is 4.